The molecule has 0 spiro atoms. The lowest BCUT2D eigenvalue weighted by molar-refractivity contribution is 0.439. The lowest BCUT2D eigenvalue weighted by Gasteiger charge is -2.04. The molecule has 1 atom stereocenters. The van der Waals surface area contributed by atoms with Crippen molar-refractivity contribution in [2.24, 2.45) is 0 Å². The highest BCUT2D eigenvalue weighted by Crippen LogP contribution is 2.26. The Morgan fingerprint density at radius 2 is 2.12 bits per heavy atom. The molecule has 2 rings (SSSR count). The highest BCUT2D eigenvalue weighted by atomic mass is 19.1. The minimum atomic E-state index is -0.536. The second kappa shape index (κ2) is 4.63. The first-order valence-corrected chi connectivity index (χ1v) is 5.20. The second-order valence-electron chi connectivity index (χ2n) is 3.70. The number of benzene rings is 1. The Kier molecular flexibility index (Phi) is 3.19. The average Bonchev–Trinajstić information content (AvgIpc) is 2.80. The SMILES string of the molecule is CNC(C)c1ncc(-c2cc(F)ccc2F)o1. The van der Waals surface area contributed by atoms with E-state index in [1.807, 2.05) is 6.92 Å². The fraction of sp³-hybridized carbons (Fsp3) is 0.250. The predicted octanol–water partition coefficient (Wildman–Crippen LogP) is 2.90. The Morgan fingerprint density at radius 3 is 2.82 bits per heavy atom. The topological polar surface area (TPSA) is 38.1 Å². The number of aromatic nitrogens is 1. The summed E-state index contributed by atoms with van der Waals surface area (Å²) in [4.78, 5) is 4.02. The van der Waals surface area contributed by atoms with E-state index in [0.717, 1.165) is 18.2 Å². The first kappa shape index (κ1) is 11.7. The molecule has 0 radical (unpaired) electrons. The Balaban J connectivity index is 2.40. The van der Waals surface area contributed by atoms with Crippen LogP contribution < -0.4 is 5.32 Å². The Bertz CT molecular complexity index is 525. The van der Waals surface area contributed by atoms with Crippen LogP contribution >= 0.6 is 0 Å². The van der Waals surface area contributed by atoms with Crippen molar-refractivity contribution >= 4 is 0 Å². The van der Waals surface area contributed by atoms with Gasteiger partial charge < -0.3 is 9.73 Å². The van der Waals surface area contributed by atoms with Gasteiger partial charge in [-0.25, -0.2) is 13.8 Å². The number of halogens is 2. The molecule has 0 fully saturated rings. The molecule has 5 heteroatoms. The van der Waals surface area contributed by atoms with Gasteiger partial charge in [-0.05, 0) is 32.2 Å². The first-order chi connectivity index (χ1) is 8.11. The average molecular weight is 238 g/mol. The third-order valence-electron chi connectivity index (χ3n) is 2.52. The maximum atomic E-state index is 13.5. The summed E-state index contributed by atoms with van der Waals surface area (Å²) in [5.74, 6) is -0.391. The van der Waals surface area contributed by atoms with Crippen molar-refractivity contribution in [1.82, 2.24) is 10.3 Å². The number of nitrogens with zero attached hydrogens (tertiary/aromatic N) is 1. The van der Waals surface area contributed by atoms with E-state index in [-0.39, 0.29) is 17.4 Å². The largest absolute Gasteiger partial charge is 0.439 e. The summed E-state index contributed by atoms with van der Waals surface area (Å²) in [6.07, 6.45) is 1.39. The van der Waals surface area contributed by atoms with E-state index in [9.17, 15) is 8.78 Å². The normalized spacial score (nSPS) is 12.7. The summed E-state index contributed by atoms with van der Waals surface area (Å²) in [6, 6.07) is 3.13. The molecule has 1 aromatic heterocycles. The maximum absolute atomic E-state index is 13.5. The van der Waals surface area contributed by atoms with Crippen LogP contribution in [0.25, 0.3) is 11.3 Å². The van der Waals surface area contributed by atoms with Gasteiger partial charge >= 0.3 is 0 Å². The Morgan fingerprint density at radius 1 is 1.35 bits per heavy atom. The molecule has 0 amide bonds. The summed E-state index contributed by atoms with van der Waals surface area (Å²) in [6.45, 7) is 1.86. The molecule has 90 valence electrons. The zero-order chi connectivity index (χ0) is 12.4. The van der Waals surface area contributed by atoms with Crippen molar-refractivity contribution in [2.75, 3.05) is 7.05 Å². The molecule has 0 saturated heterocycles. The highest BCUT2D eigenvalue weighted by molar-refractivity contribution is 5.57. The summed E-state index contributed by atoms with van der Waals surface area (Å²) in [7, 11) is 1.76. The van der Waals surface area contributed by atoms with Crippen LogP contribution in [0, 0.1) is 11.6 Å². The fourth-order valence-electron chi connectivity index (χ4n) is 1.42. The van der Waals surface area contributed by atoms with E-state index < -0.39 is 11.6 Å². The zero-order valence-electron chi connectivity index (χ0n) is 9.50. The van der Waals surface area contributed by atoms with Crippen molar-refractivity contribution in [1.29, 1.82) is 0 Å². The molecule has 17 heavy (non-hydrogen) atoms. The molecule has 0 bridgehead atoms. The molecule has 1 unspecified atom stereocenters. The van der Waals surface area contributed by atoms with Crippen LogP contribution in [0.3, 0.4) is 0 Å². The van der Waals surface area contributed by atoms with Gasteiger partial charge in [-0.1, -0.05) is 0 Å². The van der Waals surface area contributed by atoms with Gasteiger partial charge in [-0.3, -0.25) is 0 Å². The minimum absolute atomic E-state index is 0.0760. The standard InChI is InChI=1S/C12H12F2N2O/c1-7(15-2)12-16-6-11(17-12)9-5-8(13)3-4-10(9)14/h3-7,15H,1-2H3. The molecule has 0 saturated carbocycles. The molecule has 1 aromatic carbocycles. The highest BCUT2D eigenvalue weighted by Gasteiger charge is 2.14. The fourth-order valence-corrected chi connectivity index (χ4v) is 1.42. The van der Waals surface area contributed by atoms with E-state index in [1.165, 1.54) is 6.20 Å². The van der Waals surface area contributed by atoms with Crippen LogP contribution in [-0.2, 0) is 0 Å². The number of oxazole rings is 1. The van der Waals surface area contributed by atoms with Crippen LogP contribution in [0.1, 0.15) is 18.9 Å². The molecule has 1 N–H and O–H groups in total. The van der Waals surface area contributed by atoms with Crippen molar-refractivity contribution in [3.63, 3.8) is 0 Å². The third-order valence-corrected chi connectivity index (χ3v) is 2.52. The quantitative estimate of drug-likeness (QED) is 0.893. The van der Waals surface area contributed by atoms with E-state index in [0.29, 0.717) is 5.89 Å². The molecule has 2 aromatic rings. The van der Waals surface area contributed by atoms with Gasteiger partial charge in [0.2, 0.25) is 5.89 Å². The Hall–Kier alpha value is -1.75. The molecule has 0 aliphatic carbocycles. The summed E-state index contributed by atoms with van der Waals surface area (Å²) < 4.78 is 31.9. The summed E-state index contributed by atoms with van der Waals surface area (Å²) >= 11 is 0. The van der Waals surface area contributed by atoms with Crippen molar-refractivity contribution in [2.45, 2.75) is 13.0 Å². The molecule has 3 nitrogen and oxygen atoms in total. The van der Waals surface area contributed by atoms with Crippen LogP contribution in [0.4, 0.5) is 8.78 Å². The van der Waals surface area contributed by atoms with E-state index in [4.69, 9.17) is 4.42 Å². The van der Waals surface area contributed by atoms with Crippen LogP contribution in [-0.4, -0.2) is 12.0 Å². The third kappa shape index (κ3) is 2.34. The van der Waals surface area contributed by atoms with Gasteiger partial charge in [0.1, 0.15) is 11.6 Å². The number of hydrogen-bond donors (Lipinski definition) is 1. The maximum Gasteiger partial charge on any atom is 0.211 e. The monoisotopic (exact) mass is 238 g/mol. The van der Waals surface area contributed by atoms with Crippen LogP contribution in [0.15, 0.2) is 28.8 Å². The smallest absolute Gasteiger partial charge is 0.211 e. The van der Waals surface area contributed by atoms with Gasteiger partial charge in [-0.2, -0.15) is 0 Å². The van der Waals surface area contributed by atoms with E-state index >= 15 is 0 Å². The molecular weight excluding hydrogens is 226 g/mol. The van der Waals surface area contributed by atoms with Crippen molar-refractivity contribution in [3.05, 3.63) is 41.9 Å². The van der Waals surface area contributed by atoms with Crippen molar-refractivity contribution in [3.8, 4) is 11.3 Å². The van der Waals surface area contributed by atoms with Crippen LogP contribution in [0.5, 0.6) is 0 Å². The van der Waals surface area contributed by atoms with Gasteiger partial charge in [-0.15, -0.1) is 0 Å². The number of nitrogens with one attached hydrogen (secondary N) is 1. The van der Waals surface area contributed by atoms with Gasteiger partial charge in [0, 0.05) is 0 Å². The van der Waals surface area contributed by atoms with E-state index in [2.05, 4.69) is 10.3 Å². The van der Waals surface area contributed by atoms with Gasteiger partial charge in [0.25, 0.3) is 0 Å². The lowest BCUT2D eigenvalue weighted by atomic mass is 10.2. The van der Waals surface area contributed by atoms with Crippen LogP contribution in [0.2, 0.25) is 0 Å². The molecule has 1 heterocycles. The second-order valence-corrected chi connectivity index (χ2v) is 3.70. The minimum Gasteiger partial charge on any atom is -0.439 e. The zero-order valence-corrected chi connectivity index (χ0v) is 9.50. The van der Waals surface area contributed by atoms with Gasteiger partial charge in [0.05, 0.1) is 17.8 Å². The summed E-state index contributed by atoms with van der Waals surface area (Å²) in [5.41, 5.74) is 0.0760. The predicted molar refractivity (Wildman–Crippen MR) is 59.3 cm³/mol. The molecule has 0 aliphatic heterocycles. The van der Waals surface area contributed by atoms with E-state index in [1.54, 1.807) is 7.05 Å². The van der Waals surface area contributed by atoms with Gasteiger partial charge in [0.15, 0.2) is 5.76 Å². The first-order valence-electron chi connectivity index (χ1n) is 5.20. The van der Waals surface area contributed by atoms with Crippen molar-refractivity contribution < 1.29 is 13.2 Å². The molecule has 0 aliphatic rings. The Labute approximate surface area is 97.5 Å². The number of hydrogen-bond acceptors (Lipinski definition) is 3. The molecular formula is C12H12F2N2O. The summed E-state index contributed by atoms with van der Waals surface area (Å²) in [5, 5.41) is 2.95. The number of rotatable bonds is 3. The lowest BCUT2D eigenvalue weighted by Crippen LogP contribution is -2.12.